The number of amides is 1. The summed E-state index contributed by atoms with van der Waals surface area (Å²) in [5.74, 6) is -1.76. The Hall–Kier alpha value is -1.02. The topological polar surface area (TPSA) is 67.6 Å². The number of nitrogens with two attached hydrogens (primary N) is 1. The molecule has 1 aliphatic heterocycles. The minimum absolute atomic E-state index is 0.0562. The van der Waals surface area contributed by atoms with Crippen LogP contribution in [0.1, 0.15) is 20.8 Å². The molecule has 2 atom stereocenters. The molecule has 1 rings (SSSR count). The Kier molecular flexibility index (Phi) is 5.26. The number of carbonyl (C=O) groups excluding carboxylic acids is 1. The zero-order valence-corrected chi connectivity index (χ0v) is 12.0. The number of carbonyl (C=O) groups is 1. The van der Waals surface area contributed by atoms with E-state index in [-0.39, 0.29) is 13.1 Å². The van der Waals surface area contributed by atoms with Crippen molar-refractivity contribution in [2.24, 2.45) is 11.7 Å². The summed E-state index contributed by atoms with van der Waals surface area (Å²) in [6.07, 6.45) is -5.18. The maximum absolute atomic E-state index is 13.0. The molecule has 2 unspecified atom stereocenters. The summed E-state index contributed by atoms with van der Waals surface area (Å²) in [5, 5.41) is 2.86. The molecule has 0 spiro atoms. The molecule has 0 bridgehead atoms. The zero-order valence-electron chi connectivity index (χ0n) is 12.0. The van der Waals surface area contributed by atoms with Gasteiger partial charge in [0.25, 0.3) is 0 Å². The van der Waals surface area contributed by atoms with Gasteiger partial charge in [-0.1, -0.05) is 0 Å². The summed E-state index contributed by atoms with van der Waals surface area (Å²) in [6.45, 7) is 5.12. The number of nitrogens with zero attached hydrogens (tertiary/aromatic N) is 1. The van der Waals surface area contributed by atoms with Crippen LogP contribution in [-0.2, 0) is 4.74 Å². The van der Waals surface area contributed by atoms with E-state index in [0.717, 1.165) is 4.90 Å². The number of nitrogens with one attached hydrogen (secondary N) is 1. The minimum Gasteiger partial charge on any atom is -0.444 e. The molecule has 118 valence electrons. The van der Waals surface area contributed by atoms with E-state index in [1.54, 1.807) is 20.8 Å². The summed E-state index contributed by atoms with van der Waals surface area (Å²) in [7, 11) is 0. The first-order valence-corrected chi connectivity index (χ1v) is 6.53. The Morgan fingerprint density at radius 1 is 1.45 bits per heavy atom. The Morgan fingerprint density at radius 2 is 2.05 bits per heavy atom. The van der Waals surface area contributed by atoms with E-state index in [1.165, 1.54) is 0 Å². The number of alkyl halides is 3. The molecule has 1 saturated heterocycles. The number of rotatable bonds is 2. The maximum Gasteiger partial charge on any atom is 0.410 e. The summed E-state index contributed by atoms with van der Waals surface area (Å²) in [5.41, 5.74) is 4.51. The lowest BCUT2D eigenvalue weighted by Crippen LogP contribution is -2.61. The average molecular weight is 297 g/mol. The maximum atomic E-state index is 13.0. The van der Waals surface area contributed by atoms with Crippen molar-refractivity contribution in [3.8, 4) is 0 Å². The van der Waals surface area contributed by atoms with E-state index >= 15 is 0 Å². The third-order valence-corrected chi connectivity index (χ3v) is 3.05. The highest BCUT2D eigenvalue weighted by Crippen LogP contribution is 2.31. The van der Waals surface area contributed by atoms with Gasteiger partial charge < -0.3 is 20.7 Å². The van der Waals surface area contributed by atoms with E-state index < -0.39 is 36.4 Å². The molecule has 0 saturated carbocycles. The highest BCUT2D eigenvalue weighted by molar-refractivity contribution is 5.68. The van der Waals surface area contributed by atoms with Gasteiger partial charge in [0.1, 0.15) is 5.60 Å². The molecule has 0 aromatic rings. The largest absolute Gasteiger partial charge is 0.444 e. The van der Waals surface area contributed by atoms with Gasteiger partial charge in [0.2, 0.25) is 0 Å². The molecule has 1 amide bonds. The molecular weight excluding hydrogens is 275 g/mol. The monoisotopic (exact) mass is 297 g/mol. The van der Waals surface area contributed by atoms with Crippen LogP contribution in [0.15, 0.2) is 0 Å². The molecule has 8 heteroatoms. The van der Waals surface area contributed by atoms with Crippen molar-refractivity contribution in [1.82, 2.24) is 10.2 Å². The summed E-state index contributed by atoms with van der Waals surface area (Å²) in [6, 6.07) is -1.04. The van der Waals surface area contributed by atoms with Gasteiger partial charge in [-0.25, -0.2) is 4.79 Å². The van der Waals surface area contributed by atoms with Crippen molar-refractivity contribution >= 4 is 6.09 Å². The lowest BCUT2D eigenvalue weighted by Gasteiger charge is -2.41. The molecule has 0 radical (unpaired) electrons. The van der Waals surface area contributed by atoms with E-state index in [4.69, 9.17) is 10.5 Å². The van der Waals surface area contributed by atoms with Crippen molar-refractivity contribution < 1.29 is 22.7 Å². The number of hydrogen-bond donors (Lipinski definition) is 2. The van der Waals surface area contributed by atoms with Crippen LogP contribution < -0.4 is 11.1 Å². The quantitative estimate of drug-likeness (QED) is 0.807. The first kappa shape index (κ1) is 17.0. The molecule has 5 nitrogen and oxygen atoms in total. The van der Waals surface area contributed by atoms with Crippen LogP contribution in [0, 0.1) is 5.92 Å². The van der Waals surface area contributed by atoms with Crippen molar-refractivity contribution in [2.45, 2.75) is 38.6 Å². The summed E-state index contributed by atoms with van der Waals surface area (Å²) in [4.78, 5) is 13.2. The van der Waals surface area contributed by atoms with Crippen molar-refractivity contribution in [2.75, 3.05) is 26.2 Å². The molecule has 1 aliphatic rings. The van der Waals surface area contributed by atoms with Crippen LogP contribution in [0.2, 0.25) is 0 Å². The minimum atomic E-state index is -4.45. The number of halogens is 3. The first-order valence-electron chi connectivity index (χ1n) is 6.53. The van der Waals surface area contributed by atoms with Crippen LogP contribution in [-0.4, -0.2) is 55.0 Å². The lowest BCUT2D eigenvalue weighted by molar-refractivity contribution is -0.188. The predicted molar refractivity (Wildman–Crippen MR) is 68.2 cm³/mol. The van der Waals surface area contributed by atoms with Gasteiger partial charge >= 0.3 is 12.3 Å². The smallest absolute Gasteiger partial charge is 0.410 e. The van der Waals surface area contributed by atoms with Gasteiger partial charge in [-0.05, 0) is 20.8 Å². The van der Waals surface area contributed by atoms with Crippen LogP contribution in [0.4, 0.5) is 18.0 Å². The van der Waals surface area contributed by atoms with Crippen LogP contribution >= 0.6 is 0 Å². The van der Waals surface area contributed by atoms with Gasteiger partial charge in [0.05, 0.1) is 12.0 Å². The van der Waals surface area contributed by atoms with Crippen LogP contribution in [0.25, 0.3) is 0 Å². The molecule has 0 aromatic carbocycles. The van der Waals surface area contributed by atoms with Gasteiger partial charge in [-0.15, -0.1) is 0 Å². The van der Waals surface area contributed by atoms with E-state index in [2.05, 4.69) is 5.32 Å². The highest BCUT2D eigenvalue weighted by atomic mass is 19.4. The van der Waals surface area contributed by atoms with Crippen molar-refractivity contribution in [3.63, 3.8) is 0 Å². The fourth-order valence-corrected chi connectivity index (χ4v) is 2.14. The Morgan fingerprint density at radius 3 is 2.50 bits per heavy atom. The average Bonchev–Trinajstić information content (AvgIpc) is 2.26. The number of piperazine rings is 1. The Bertz CT molecular complexity index is 342. The fraction of sp³-hybridized carbons (Fsp3) is 0.917. The molecule has 1 heterocycles. The van der Waals surface area contributed by atoms with E-state index in [0.29, 0.717) is 6.54 Å². The zero-order chi connectivity index (χ0) is 15.6. The highest BCUT2D eigenvalue weighted by Gasteiger charge is 2.48. The second kappa shape index (κ2) is 6.17. The molecule has 20 heavy (non-hydrogen) atoms. The molecule has 0 aromatic heterocycles. The second-order valence-electron chi connectivity index (χ2n) is 5.83. The SMILES string of the molecule is CC(C)(C)OC(=O)N1CCNCC1C(CN)C(F)(F)F. The Labute approximate surface area is 116 Å². The predicted octanol–water partition coefficient (Wildman–Crippen LogP) is 1.33. The third-order valence-electron chi connectivity index (χ3n) is 3.05. The molecule has 0 aliphatic carbocycles. The Balaban J connectivity index is 2.88. The van der Waals surface area contributed by atoms with Crippen LogP contribution in [0.5, 0.6) is 0 Å². The standard InChI is InChI=1S/C12H22F3N3O2/c1-11(2,3)20-10(19)18-5-4-17-7-9(18)8(6-16)12(13,14)15/h8-9,17H,4-7,16H2,1-3H3. The lowest BCUT2D eigenvalue weighted by atomic mass is 9.96. The van der Waals surface area contributed by atoms with E-state index in [1.807, 2.05) is 0 Å². The van der Waals surface area contributed by atoms with Gasteiger partial charge in [-0.3, -0.25) is 0 Å². The molecular formula is C12H22F3N3O2. The fourth-order valence-electron chi connectivity index (χ4n) is 2.14. The van der Waals surface area contributed by atoms with E-state index in [9.17, 15) is 18.0 Å². The number of ether oxygens (including phenoxy) is 1. The first-order chi connectivity index (χ1) is 9.06. The van der Waals surface area contributed by atoms with Crippen LogP contribution in [0.3, 0.4) is 0 Å². The van der Waals surface area contributed by atoms with Crippen molar-refractivity contribution in [1.29, 1.82) is 0 Å². The third kappa shape index (κ3) is 4.52. The van der Waals surface area contributed by atoms with Gasteiger partial charge in [-0.2, -0.15) is 13.2 Å². The number of hydrogen-bond acceptors (Lipinski definition) is 4. The van der Waals surface area contributed by atoms with Crippen molar-refractivity contribution in [3.05, 3.63) is 0 Å². The summed E-state index contributed by atoms with van der Waals surface area (Å²) >= 11 is 0. The molecule has 1 fully saturated rings. The van der Waals surface area contributed by atoms with Gasteiger partial charge in [0.15, 0.2) is 0 Å². The molecule has 3 N–H and O–H groups in total. The summed E-state index contributed by atoms with van der Waals surface area (Å²) < 4.78 is 44.1. The normalized spacial score (nSPS) is 22.6. The second-order valence-corrected chi connectivity index (χ2v) is 5.83. The van der Waals surface area contributed by atoms with Gasteiger partial charge in [0, 0.05) is 26.2 Å².